The second-order valence-corrected chi connectivity index (χ2v) is 5.70. The van der Waals surface area contributed by atoms with Crippen molar-refractivity contribution in [3.63, 3.8) is 0 Å². The lowest BCUT2D eigenvalue weighted by molar-refractivity contribution is 0.0636. The number of nitrogens with one attached hydrogen (secondary N) is 2. The summed E-state index contributed by atoms with van der Waals surface area (Å²) in [6, 6.07) is 3.92. The van der Waals surface area contributed by atoms with Crippen molar-refractivity contribution in [1.82, 2.24) is 0 Å². The van der Waals surface area contributed by atoms with Crippen molar-refractivity contribution >= 4 is 29.5 Å². The normalized spacial score (nSPS) is 10.5. The second-order valence-electron chi connectivity index (χ2n) is 5.70. The molecule has 8 heteroatoms. The van der Waals surface area contributed by atoms with E-state index in [9.17, 15) is 19.5 Å². The Bertz CT molecular complexity index is 648. The number of aromatic carboxylic acids is 1. The Balaban J connectivity index is 2.96. The minimum atomic E-state index is -1.23. The molecule has 0 radical (unpaired) electrons. The molecular formula is C16H20N2O6. The topological polar surface area (TPSA) is 114 Å². The van der Waals surface area contributed by atoms with Crippen LogP contribution in [0.25, 0.3) is 0 Å². The number of anilines is 2. The van der Waals surface area contributed by atoms with E-state index in [-0.39, 0.29) is 23.5 Å². The van der Waals surface area contributed by atoms with Crippen molar-refractivity contribution in [2.75, 3.05) is 17.2 Å². The van der Waals surface area contributed by atoms with Gasteiger partial charge in [0.25, 0.3) is 0 Å². The predicted octanol–water partition coefficient (Wildman–Crippen LogP) is 3.47. The summed E-state index contributed by atoms with van der Waals surface area (Å²) >= 11 is 0. The van der Waals surface area contributed by atoms with Gasteiger partial charge in [-0.05, 0) is 39.0 Å². The zero-order valence-electron chi connectivity index (χ0n) is 13.7. The van der Waals surface area contributed by atoms with Gasteiger partial charge in [-0.25, -0.2) is 14.4 Å². The van der Waals surface area contributed by atoms with Crippen LogP contribution in [0.15, 0.2) is 30.9 Å². The lowest BCUT2D eigenvalue weighted by Gasteiger charge is -2.20. The van der Waals surface area contributed by atoms with Crippen LogP contribution in [0.5, 0.6) is 0 Å². The van der Waals surface area contributed by atoms with Gasteiger partial charge < -0.3 is 14.6 Å². The fourth-order valence-corrected chi connectivity index (χ4v) is 1.61. The quantitative estimate of drug-likeness (QED) is 0.709. The van der Waals surface area contributed by atoms with E-state index in [0.717, 1.165) is 0 Å². The van der Waals surface area contributed by atoms with E-state index >= 15 is 0 Å². The van der Waals surface area contributed by atoms with Gasteiger partial charge in [-0.2, -0.15) is 0 Å². The van der Waals surface area contributed by atoms with E-state index in [0.29, 0.717) is 0 Å². The zero-order valence-corrected chi connectivity index (χ0v) is 13.7. The SMILES string of the molecule is C=CCOC(=O)Nc1ccc(C(=O)O)c(NC(=O)OC(C)(C)C)c1. The summed E-state index contributed by atoms with van der Waals surface area (Å²) in [5.74, 6) is -1.23. The lowest BCUT2D eigenvalue weighted by Crippen LogP contribution is -2.27. The van der Waals surface area contributed by atoms with Crippen LogP contribution >= 0.6 is 0 Å². The smallest absolute Gasteiger partial charge is 0.412 e. The fraction of sp³-hybridized carbons (Fsp3) is 0.312. The maximum atomic E-state index is 11.8. The van der Waals surface area contributed by atoms with E-state index in [4.69, 9.17) is 9.47 Å². The molecular weight excluding hydrogens is 316 g/mol. The van der Waals surface area contributed by atoms with Crippen LogP contribution in [0.1, 0.15) is 31.1 Å². The van der Waals surface area contributed by atoms with Gasteiger partial charge in [0.05, 0.1) is 11.3 Å². The molecule has 1 aromatic carbocycles. The van der Waals surface area contributed by atoms with Crippen LogP contribution in [0.2, 0.25) is 0 Å². The van der Waals surface area contributed by atoms with Gasteiger partial charge in [-0.3, -0.25) is 10.6 Å². The van der Waals surface area contributed by atoms with Crippen LogP contribution < -0.4 is 10.6 Å². The largest absolute Gasteiger partial charge is 0.478 e. The minimum Gasteiger partial charge on any atom is -0.478 e. The molecule has 0 atom stereocenters. The van der Waals surface area contributed by atoms with Crippen molar-refractivity contribution in [2.45, 2.75) is 26.4 Å². The molecule has 2 amide bonds. The molecule has 0 spiro atoms. The van der Waals surface area contributed by atoms with Crippen molar-refractivity contribution in [3.8, 4) is 0 Å². The maximum Gasteiger partial charge on any atom is 0.412 e. The third-order valence-corrected chi connectivity index (χ3v) is 2.46. The summed E-state index contributed by atoms with van der Waals surface area (Å²) in [5.41, 5.74) is -0.651. The van der Waals surface area contributed by atoms with E-state index in [1.807, 2.05) is 0 Å². The van der Waals surface area contributed by atoms with Gasteiger partial charge in [-0.15, -0.1) is 0 Å². The van der Waals surface area contributed by atoms with Gasteiger partial charge in [0.2, 0.25) is 0 Å². The number of ether oxygens (including phenoxy) is 2. The number of benzene rings is 1. The second kappa shape index (κ2) is 8.00. The van der Waals surface area contributed by atoms with Crippen LogP contribution in [-0.2, 0) is 9.47 Å². The highest BCUT2D eigenvalue weighted by Gasteiger charge is 2.19. The van der Waals surface area contributed by atoms with Crippen LogP contribution in [-0.4, -0.2) is 35.5 Å². The maximum absolute atomic E-state index is 11.8. The third-order valence-electron chi connectivity index (χ3n) is 2.46. The lowest BCUT2D eigenvalue weighted by atomic mass is 10.1. The molecule has 0 saturated heterocycles. The number of hydrogen-bond acceptors (Lipinski definition) is 5. The predicted molar refractivity (Wildman–Crippen MR) is 88.4 cm³/mol. The number of carboxylic acid groups (broad SMARTS) is 1. The molecule has 8 nitrogen and oxygen atoms in total. The van der Waals surface area contributed by atoms with Crippen LogP contribution in [0.4, 0.5) is 21.0 Å². The van der Waals surface area contributed by atoms with Gasteiger partial charge in [0, 0.05) is 5.69 Å². The van der Waals surface area contributed by atoms with Crippen molar-refractivity contribution < 1.29 is 29.0 Å². The van der Waals surface area contributed by atoms with Gasteiger partial charge in [-0.1, -0.05) is 12.7 Å². The molecule has 0 aliphatic rings. The Kier molecular flexibility index (Phi) is 6.34. The molecule has 1 rings (SSSR count). The first-order valence-corrected chi connectivity index (χ1v) is 7.04. The highest BCUT2D eigenvalue weighted by Crippen LogP contribution is 2.22. The summed E-state index contributed by atoms with van der Waals surface area (Å²) < 4.78 is 9.85. The average molecular weight is 336 g/mol. The highest BCUT2D eigenvalue weighted by atomic mass is 16.6. The fourth-order valence-electron chi connectivity index (χ4n) is 1.61. The Hall–Kier alpha value is -3.03. The molecule has 1 aromatic rings. The first-order valence-electron chi connectivity index (χ1n) is 7.04. The minimum absolute atomic E-state index is 0.0155. The first kappa shape index (κ1) is 19.0. The van der Waals surface area contributed by atoms with E-state index < -0.39 is 23.8 Å². The number of hydrogen-bond donors (Lipinski definition) is 3. The Morgan fingerprint density at radius 3 is 2.42 bits per heavy atom. The third kappa shape index (κ3) is 6.39. The molecule has 3 N–H and O–H groups in total. The summed E-state index contributed by atoms with van der Waals surface area (Å²) in [6.07, 6.45) is -0.139. The Morgan fingerprint density at radius 1 is 1.21 bits per heavy atom. The standard InChI is InChI=1S/C16H20N2O6/c1-5-8-23-14(21)17-10-6-7-11(13(19)20)12(9-10)18-15(22)24-16(2,3)4/h5-7,9H,1,8H2,2-4H3,(H,17,21)(H,18,22)(H,19,20). The Morgan fingerprint density at radius 2 is 1.88 bits per heavy atom. The Labute approximate surface area is 139 Å². The number of carboxylic acids is 1. The molecule has 0 fully saturated rings. The summed E-state index contributed by atoms with van der Waals surface area (Å²) in [6.45, 7) is 8.48. The van der Waals surface area contributed by atoms with Crippen molar-refractivity contribution in [1.29, 1.82) is 0 Å². The molecule has 24 heavy (non-hydrogen) atoms. The molecule has 0 aromatic heterocycles. The average Bonchev–Trinajstić information content (AvgIpc) is 2.42. The molecule has 0 heterocycles. The van der Waals surface area contributed by atoms with Crippen LogP contribution in [0, 0.1) is 0 Å². The van der Waals surface area contributed by atoms with E-state index in [1.54, 1.807) is 20.8 Å². The zero-order chi connectivity index (χ0) is 18.3. The monoisotopic (exact) mass is 336 g/mol. The van der Waals surface area contributed by atoms with Crippen molar-refractivity contribution in [3.05, 3.63) is 36.4 Å². The van der Waals surface area contributed by atoms with Crippen LogP contribution in [0.3, 0.4) is 0 Å². The van der Waals surface area contributed by atoms with Crippen molar-refractivity contribution in [2.24, 2.45) is 0 Å². The van der Waals surface area contributed by atoms with E-state index in [1.165, 1.54) is 24.3 Å². The summed E-state index contributed by atoms with van der Waals surface area (Å²) in [4.78, 5) is 34.6. The molecule has 0 aliphatic carbocycles. The van der Waals surface area contributed by atoms with Gasteiger partial charge in [0.15, 0.2) is 0 Å². The molecule has 0 saturated carbocycles. The number of carbonyl (C=O) groups is 3. The van der Waals surface area contributed by atoms with E-state index in [2.05, 4.69) is 17.2 Å². The molecule has 130 valence electrons. The number of amides is 2. The number of carbonyl (C=O) groups excluding carboxylic acids is 2. The summed E-state index contributed by atoms with van der Waals surface area (Å²) in [5, 5.41) is 14.0. The first-order chi connectivity index (χ1) is 11.1. The number of rotatable bonds is 5. The molecule has 0 unspecified atom stereocenters. The molecule has 0 aliphatic heterocycles. The summed E-state index contributed by atoms with van der Waals surface area (Å²) in [7, 11) is 0. The van der Waals surface area contributed by atoms with Gasteiger partial charge in [0.1, 0.15) is 12.2 Å². The molecule has 0 bridgehead atoms. The van der Waals surface area contributed by atoms with Gasteiger partial charge >= 0.3 is 18.2 Å². The highest BCUT2D eigenvalue weighted by molar-refractivity contribution is 6.00.